The fraction of sp³-hybridized carbons (Fsp3) is 0.438. The molecular weight excluding hydrogens is 220 g/mol. The maximum atomic E-state index is 4.43. The van der Waals surface area contributed by atoms with Gasteiger partial charge in [-0.05, 0) is 30.8 Å². The predicted octanol–water partition coefficient (Wildman–Crippen LogP) is 3.48. The van der Waals surface area contributed by atoms with Gasteiger partial charge in [-0.1, -0.05) is 37.1 Å². The second-order valence-electron chi connectivity index (χ2n) is 5.24. The lowest BCUT2D eigenvalue weighted by atomic mass is 9.79. The molecule has 3 rings (SSSR count). The highest BCUT2D eigenvalue weighted by Gasteiger charge is 2.26. The van der Waals surface area contributed by atoms with Gasteiger partial charge >= 0.3 is 0 Å². The number of likely N-dealkylation sites (N-methyl/N-ethyl adjacent to an activating group) is 1. The van der Waals surface area contributed by atoms with Crippen LogP contribution in [0, 0.1) is 0 Å². The van der Waals surface area contributed by atoms with Crippen LogP contribution < -0.4 is 5.32 Å². The van der Waals surface area contributed by atoms with Gasteiger partial charge in [-0.25, -0.2) is 0 Å². The molecule has 0 saturated heterocycles. The zero-order valence-electron chi connectivity index (χ0n) is 10.9. The topological polar surface area (TPSA) is 24.9 Å². The molecule has 2 atom stereocenters. The van der Waals surface area contributed by atoms with Crippen LogP contribution in [0.4, 0.5) is 0 Å². The van der Waals surface area contributed by atoms with Crippen molar-refractivity contribution >= 4 is 10.8 Å². The monoisotopic (exact) mass is 240 g/mol. The van der Waals surface area contributed by atoms with E-state index in [9.17, 15) is 0 Å². The molecule has 0 amide bonds. The smallest absolute Gasteiger partial charge is 0.0346 e. The van der Waals surface area contributed by atoms with Crippen LogP contribution in [0.15, 0.2) is 36.7 Å². The number of benzene rings is 1. The molecule has 2 aromatic rings. The van der Waals surface area contributed by atoms with Gasteiger partial charge in [-0.2, -0.15) is 0 Å². The Kier molecular flexibility index (Phi) is 3.28. The minimum atomic E-state index is 0.603. The quantitative estimate of drug-likeness (QED) is 0.869. The number of fused-ring (bicyclic) bond motifs is 1. The molecule has 2 heteroatoms. The van der Waals surface area contributed by atoms with Crippen molar-refractivity contribution in [1.29, 1.82) is 0 Å². The standard InChI is InChI=1S/C16H20N2/c1-17-16-9-5-4-8-14(16)15-11-18-10-12-6-2-3-7-13(12)15/h2-3,6-7,10-11,14,16-17H,4-5,8-9H2,1H3. The Hall–Kier alpha value is -1.41. The molecule has 1 fully saturated rings. The Labute approximate surface area is 108 Å². The van der Waals surface area contributed by atoms with Gasteiger partial charge < -0.3 is 5.32 Å². The third-order valence-electron chi connectivity index (χ3n) is 4.24. The molecule has 0 bridgehead atoms. The van der Waals surface area contributed by atoms with E-state index in [0.29, 0.717) is 12.0 Å². The number of nitrogens with zero attached hydrogens (tertiary/aromatic N) is 1. The normalized spacial score (nSPS) is 24.3. The summed E-state index contributed by atoms with van der Waals surface area (Å²) in [5.41, 5.74) is 1.42. The van der Waals surface area contributed by atoms with E-state index in [-0.39, 0.29) is 0 Å². The van der Waals surface area contributed by atoms with Gasteiger partial charge in [-0.15, -0.1) is 0 Å². The number of rotatable bonds is 2. The molecule has 0 aliphatic heterocycles. The summed E-state index contributed by atoms with van der Waals surface area (Å²) in [6.07, 6.45) is 9.29. The first-order valence-electron chi connectivity index (χ1n) is 6.90. The molecular formula is C16H20N2. The van der Waals surface area contributed by atoms with Gasteiger partial charge in [0.25, 0.3) is 0 Å². The maximum Gasteiger partial charge on any atom is 0.0346 e. The average molecular weight is 240 g/mol. The number of hydrogen-bond acceptors (Lipinski definition) is 2. The lowest BCUT2D eigenvalue weighted by Crippen LogP contribution is -2.34. The minimum absolute atomic E-state index is 0.603. The Morgan fingerprint density at radius 2 is 1.94 bits per heavy atom. The first-order valence-corrected chi connectivity index (χ1v) is 6.90. The highest BCUT2D eigenvalue weighted by Crippen LogP contribution is 2.35. The van der Waals surface area contributed by atoms with Crippen molar-refractivity contribution in [3.05, 3.63) is 42.2 Å². The van der Waals surface area contributed by atoms with Gasteiger partial charge in [0.1, 0.15) is 0 Å². The first-order chi connectivity index (χ1) is 8.90. The van der Waals surface area contributed by atoms with Crippen LogP contribution >= 0.6 is 0 Å². The van der Waals surface area contributed by atoms with Gasteiger partial charge in [0.15, 0.2) is 0 Å². The van der Waals surface area contributed by atoms with E-state index in [1.165, 1.54) is 42.0 Å². The molecule has 1 aromatic heterocycles. The van der Waals surface area contributed by atoms with Crippen molar-refractivity contribution in [2.45, 2.75) is 37.6 Å². The van der Waals surface area contributed by atoms with E-state index in [0.717, 1.165) is 0 Å². The zero-order valence-corrected chi connectivity index (χ0v) is 10.9. The molecule has 1 N–H and O–H groups in total. The Morgan fingerprint density at radius 1 is 1.11 bits per heavy atom. The van der Waals surface area contributed by atoms with Gasteiger partial charge in [-0.3, -0.25) is 4.98 Å². The minimum Gasteiger partial charge on any atom is -0.316 e. The van der Waals surface area contributed by atoms with Crippen LogP contribution in [0.2, 0.25) is 0 Å². The van der Waals surface area contributed by atoms with E-state index in [1.54, 1.807) is 0 Å². The Balaban J connectivity index is 2.07. The van der Waals surface area contributed by atoms with Crippen molar-refractivity contribution in [2.24, 2.45) is 0 Å². The summed E-state index contributed by atoms with van der Waals surface area (Å²) >= 11 is 0. The summed E-state index contributed by atoms with van der Waals surface area (Å²) in [5, 5.41) is 6.12. The molecule has 2 unspecified atom stereocenters. The molecule has 0 spiro atoms. The fourth-order valence-electron chi connectivity index (χ4n) is 3.28. The first kappa shape index (κ1) is 11.7. The summed E-state index contributed by atoms with van der Waals surface area (Å²) in [7, 11) is 2.08. The number of pyridine rings is 1. The second kappa shape index (κ2) is 5.07. The van der Waals surface area contributed by atoms with E-state index < -0.39 is 0 Å². The van der Waals surface area contributed by atoms with Crippen LogP contribution in [0.1, 0.15) is 37.2 Å². The largest absolute Gasteiger partial charge is 0.316 e. The lowest BCUT2D eigenvalue weighted by molar-refractivity contribution is 0.345. The molecule has 18 heavy (non-hydrogen) atoms. The Bertz CT molecular complexity index is 530. The van der Waals surface area contributed by atoms with Crippen molar-refractivity contribution < 1.29 is 0 Å². The molecule has 1 aliphatic carbocycles. The highest BCUT2D eigenvalue weighted by atomic mass is 14.9. The lowest BCUT2D eigenvalue weighted by Gasteiger charge is -2.32. The summed E-state index contributed by atoms with van der Waals surface area (Å²) in [5.74, 6) is 0.613. The summed E-state index contributed by atoms with van der Waals surface area (Å²) in [6.45, 7) is 0. The number of nitrogens with one attached hydrogen (secondary N) is 1. The van der Waals surface area contributed by atoms with E-state index >= 15 is 0 Å². The Morgan fingerprint density at radius 3 is 2.83 bits per heavy atom. The number of hydrogen-bond donors (Lipinski definition) is 1. The van der Waals surface area contributed by atoms with Gasteiger partial charge in [0.05, 0.1) is 0 Å². The molecule has 1 heterocycles. The van der Waals surface area contributed by atoms with E-state index in [1.807, 2.05) is 6.20 Å². The fourth-order valence-corrected chi connectivity index (χ4v) is 3.28. The molecule has 94 valence electrons. The summed E-state index contributed by atoms with van der Waals surface area (Å²) in [6, 6.07) is 9.20. The predicted molar refractivity (Wildman–Crippen MR) is 75.8 cm³/mol. The van der Waals surface area contributed by atoms with Gasteiger partial charge in [0, 0.05) is 29.7 Å². The van der Waals surface area contributed by atoms with Crippen LogP contribution in [0.5, 0.6) is 0 Å². The van der Waals surface area contributed by atoms with Crippen molar-refractivity contribution in [2.75, 3.05) is 7.05 Å². The number of aromatic nitrogens is 1. The third-order valence-corrected chi connectivity index (χ3v) is 4.24. The van der Waals surface area contributed by atoms with Crippen LogP contribution in [0.3, 0.4) is 0 Å². The second-order valence-corrected chi connectivity index (χ2v) is 5.24. The molecule has 1 saturated carbocycles. The van der Waals surface area contributed by atoms with E-state index in [4.69, 9.17) is 0 Å². The van der Waals surface area contributed by atoms with Crippen molar-refractivity contribution in [3.8, 4) is 0 Å². The van der Waals surface area contributed by atoms with Crippen LogP contribution in [-0.4, -0.2) is 18.1 Å². The SMILES string of the molecule is CNC1CCCCC1c1cncc2ccccc12. The van der Waals surface area contributed by atoms with Crippen molar-refractivity contribution in [1.82, 2.24) is 10.3 Å². The molecule has 0 radical (unpaired) electrons. The molecule has 2 nitrogen and oxygen atoms in total. The molecule has 1 aliphatic rings. The molecule has 1 aromatic carbocycles. The van der Waals surface area contributed by atoms with Crippen LogP contribution in [-0.2, 0) is 0 Å². The third kappa shape index (κ3) is 2.01. The maximum absolute atomic E-state index is 4.43. The summed E-state index contributed by atoms with van der Waals surface area (Å²) < 4.78 is 0. The zero-order chi connectivity index (χ0) is 12.4. The average Bonchev–Trinajstić information content (AvgIpc) is 2.46. The highest BCUT2D eigenvalue weighted by molar-refractivity contribution is 5.85. The van der Waals surface area contributed by atoms with Crippen LogP contribution in [0.25, 0.3) is 10.8 Å². The summed E-state index contributed by atoms with van der Waals surface area (Å²) in [4.78, 5) is 4.43. The van der Waals surface area contributed by atoms with Gasteiger partial charge in [0.2, 0.25) is 0 Å². The van der Waals surface area contributed by atoms with E-state index in [2.05, 4.69) is 47.8 Å². The van der Waals surface area contributed by atoms with Crippen molar-refractivity contribution in [3.63, 3.8) is 0 Å².